The molecule has 0 radical (unpaired) electrons. The Morgan fingerprint density at radius 2 is 2.05 bits per heavy atom. The van der Waals surface area contributed by atoms with E-state index < -0.39 is 5.97 Å². The lowest BCUT2D eigenvalue weighted by Crippen LogP contribution is -2.39. The number of aromatic nitrogens is 1. The van der Waals surface area contributed by atoms with Crippen molar-refractivity contribution in [2.24, 2.45) is 5.92 Å². The maximum Gasteiger partial charge on any atom is 0.306 e. The Balaban J connectivity index is 1.73. The molecule has 1 fully saturated rings. The quantitative estimate of drug-likeness (QED) is 0.811. The van der Waals surface area contributed by atoms with Crippen LogP contribution in [0.25, 0.3) is 10.9 Å². The number of nitrogens with one attached hydrogen (secondary N) is 2. The van der Waals surface area contributed by atoms with Crippen molar-refractivity contribution >= 4 is 22.8 Å². The van der Waals surface area contributed by atoms with Crippen molar-refractivity contribution in [1.29, 1.82) is 0 Å². The summed E-state index contributed by atoms with van der Waals surface area (Å²) < 4.78 is 0. The van der Waals surface area contributed by atoms with Crippen molar-refractivity contribution in [3.8, 4) is 0 Å². The lowest BCUT2D eigenvalue weighted by molar-refractivity contribution is -0.143. The van der Waals surface area contributed by atoms with E-state index in [-0.39, 0.29) is 17.9 Å². The second kappa shape index (κ2) is 5.60. The number of carboxylic acids is 1. The third kappa shape index (κ3) is 2.77. The first-order valence-electron chi connectivity index (χ1n) is 7.25. The summed E-state index contributed by atoms with van der Waals surface area (Å²) in [4.78, 5) is 26.5. The Hall–Kier alpha value is -2.30. The fraction of sp³-hybridized carbons (Fsp3) is 0.375. The van der Waals surface area contributed by atoms with E-state index in [1.54, 1.807) is 6.20 Å². The molecule has 2 aromatic rings. The van der Waals surface area contributed by atoms with Gasteiger partial charge in [0.05, 0.1) is 11.5 Å². The summed E-state index contributed by atoms with van der Waals surface area (Å²) in [6.07, 6.45) is 4.61. The molecule has 0 aliphatic heterocycles. The Labute approximate surface area is 122 Å². The van der Waals surface area contributed by atoms with Crippen LogP contribution >= 0.6 is 0 Å². The maximum absolute atomic E-state index is 12.4. The molecule has 0 saturated heterocycles. The van der Waals surface area contributed by atoms with E-state index in [1.165, 1.54) is 0 Å². The number of hydrogen-bond donors (Lipinski definition) is 3. The van der Waals surface area contributed by atoms with E-state index in [2.05, 4.69) is 10.3 Å². The average molecular weight is 286 g/mol. The van der Waals surface area contributed by atoms with Gasteiger partial charge in [-0.2, -0.15) is 0 Å². The smallest absolute Gasteiger partial charge is 0.306 e. The van der Waals surface area contributed by atoms with Crippen molar-refractivity contribution in [2.45, 2.75) is 31.7 Å². The predicted molar refractivity (Wildman–Crippen MR) is 79.1 cm³/mol. The number of aliphatic carboxylic acids is 1. The highest BCUT2D eigenvalue weighted by Gasteiger charge is 2.28. The number of rotatable bonds is 3. The Kier molecular flexibility index (Phi) is 3.64. The summed E-state index contributed by atoms with van der Waals surface area (Å²) in [5.41, 5.74) is 1.54. The van der Waals surface area contributed by atoms with Gasteiger partial charge in [0, 0.05) is 23.1 Å². The molecule has 1 aliphatic carbocycles. The molecule has 1 aliphatic rings. The molecular formula is C16H18N2O3. The largest absolute Gasteiger partial charge is 0.481 e. The highest BCUT2D eigenvalue weighted by Crippen LogP contribution is 2.25. The summed E-state index contributed by atoms with van der Waals surface area (Å²) in [6.45, 7) is 0. The molecule has 1 heterocycles. The average Bonchev–Trinajstić information content (AvgIpc) is 2.91. The molecule has 1 amide bonds. The molecule has 21 heavy (non-hydrogen) atoms. The van der Waals surface area contributed by atoms with Gasteiger partial charge in [-0.15, -0.1) is 0 Å². The first-order valence-corrected chi connectivity index (χ1v) is 7.25. The zero-order chi connectivity index (χ0) is 14.8. The van der Waals surface area contributed by atoms with Crippen LogP contribution in [0.3, 0.4) is 0 Å². The van der Waals surface area contributed by atoms with Crippen molar-refractivity contribution in [1.82, 2.24) is 10.3 Å². The minimum absolute atomic E-state index is 0.0546. The van der Waals surface area contributed by atoms with E-state index in [1.807, 2.05) is 24.3 Å². The third-order valence-electron chi connectivity index (χ3n) is 4.19. The predicted octanol–water partition coefficient (Wildman–Crippen LogP) is 2.54. The second-order valence-electron chi connectivity index (χ2n) is 5.62. The van der Waals surface area contributed by atoms with Crippen LogP contribution < -0.4 is 5.32 Å². The molecule has 0 bridgehead atoms. The number of fused-ring (bicyclic) bond motifs is 1. The Bertz CT molecular complexity index is 677. The fourth-order valence-corrected chi connectivity index (χ4v) is 3.07. The van der Waals surface area contributed by atoms with Gasteiger partial charge in [0.2, 0.25) is 0 Å². The topological polar surface area (TPSA) is 82.2 Å². The van der Waals surface area contributed by atoms with Crippen molar-refractivity contribution in [2.75, 3.05) is 0 Å². The molecule has 3 rings (SSSR count). The van der Waals surface area contributed by atoms with Gasteiger partial charge in [-0.3, -0.25) is 9.59 Å². The van der Waals surface area contributed by atoms with Crippen LogP contribution in [0.2, 0.25) is 0 Å². The number of carbonyl (C=O) groups excluding carboxylic acids is 1. The van der Waals surface area contributed by atoms with Crippen molar-refractivity contribution in [3.05, 3.63) is 36.0 Å². The molecule has 110 valence electrons. The first kappa shape index (κ1) is 13.7. The SMILES string of the molecule is O=C(NC1CCCC(C(=O)O)C1)c1c[nH]c2ccccc12. The van der Waals surface area contributed by atoms with E-state index in [4.69, 9.17) is 5.11 Å². The highest BCUT2D eigenvalue weighted by atomic mass is 16.4. The van der Waals surface area contributed by atoms with Crippen LogP contribution in [0, 0.1) is 5.92 Å². The first-order chi connectivity index (χ1) is 10.1. The summed E-state index contributed by atoms with van der Waals surface area (Å²) >= 11 is 0. The van der Waals surface area contributed by atoms with Crippen molar-refractivity contribution < 1.29 is 14.7 Å². The van der Waals surface area contributed by atoms with Crippen LogP contribution in [0.15, 0.2) is 30.5 Å². The number of benzene rings is 1. The molecular weight excluding hydrogens is 268 g/mol. The van der Waals surface area contributed by atoms with Crippen LogP contribution in [-0.2, 0) is 4.79 Å². The third-order valence-corrected chi connectivity index (χ3v) is 4.19. The van der Waals surface area contributed by atoms with Gasteiger partial charge in [0.15, 0.2) is 0 Å². The zero-order valence-electron chi connectivity index (χ0n) is 11.6. The summed E-state index contributed by atoms with van der Waals surface area (Å²) in [5, 5.41) is 13.0. The van der Waals surface area contributed by atoms with Gasteiger partial charge >= 0.3 is 5.97 Å². The lowest BCUT2D eigenvalue weighted by atomic mass is 9.85. The highest BCUT2D eigenvalue weighted by molar-refractivity contribution is 6.06. The lowest BCUT2D eigenvalue weighted by Gasteiger charge is -2.27. The van der Waals surface area contributed by atoms with Gasteiger partial charge in [-0.1, -0.05) is 24.6 Å². The number of carbonyl (C=O) groups is 2. The molecule has 1 saturated carbocycles. The second-order valence-corrected chi connectivity index (χ2v) is 5.62. The number of aromatic amines is 1. The van der Waals surface area contributed by atoms with E-state index >= 15 is 0 Å². The van der Waals surface area contributed by atoms with Gasteiger partial charge < -0.3 is 15.4 Å². The van der Waals surface area contributed by atoms with Gasteiger partial charge in [0.1, 0.15) is 0 Å². The number of hydrogen-bond acceptors (Lipinski definition) is 2. The van der Waals surface area contributed by atoms with Crippen molar-refractivity contribution in [3.63, 3.8) is 0 Å². The molecule has 3 N–H and O–H groups in total. The molecule has 5 heteroatoms. The van der Waals surface area contributed by atoms with Gasteiger partial charge in [0.25, 0.3) is 5.91 Å². The number of carboxylic acid groups (broad SMARTS) is 1. The van der Waals surface area contributed by atoms with E-state index in [0.29, 0.717) is 18.4 Å². The molecule has 1 aromatic carbocycles. The fourth-order valence-electron chi connectivity index (χ4n) is 3.07. The molecule has 5 nitrogen and oxygen atoms in total. The van der Waals surface area contributed by atoms with Gasteiger partial charge in [-0.05, 0) is 25.3 Å². The van der Waals surface area contributed by atoms with E-state index in [9.17, 15) is 9.59 Å². The zero-order valence-corrected chi connectivity index (χ0v) is 11.6. The standard InChI is InChI=1S/C16H18N2O3/c19-15(13-9-17-14-7-2-1-6-12(13)14)18-11-5-3-4-10(8-11)16(20)21/h1-2,6-7,9-11,17H,3-5,8H2,(H,18,19)(H,20,21). The maximum atomic E-state index is 12.4. The Morgan fingerprint density at radius 1 is 1.24 bits per heavy atom. The van der Waals surface area contributed by atoms with Crippen LogP contribution in [-0.4, -0.2) is 28.0 Å². The molecule has 0 spiro atoms. The molecule has 2 unspecified atom stereocenters. The molecule has 1 aromatic heterocycles. The van der Waals surface area contributed by atoms with E-state index in [0.717, 1.165) is 23.7 Å². The monoisotopic (exact) mass is 286 g/mol. The number of para-hydroxylation sites is 1. The minimum atomic E-state index is -0.763. The van der Waals surface area contributed by atoms with Gasteiger partial charge in [-0.25, -0.2) is 0 Å². The summed E-state index contributed by atoms with van der Waals surface area (Å²) in [6, 6.07) is 7.59. The van der Waals surface area contributed by atoms with Crippen LogP contribution in [0.1, 0.15) is 36.0 Å². The number of amides is 1. The van der Waals surface area contributed by atoms with Crippen LogP contribution in [0.4, 0.5) is 0 Å². The normalized spacial score (nSPS) is 22.1. The minimum Gasteiger partial charge on any atom is -0.481 e. The van der Waals surface area contributed by atoms with Crippen LogP contribution in [0.5, 0.6) is 0 Å². The Morgan fingerprint density at radius 3 is 2.86 bits per heavy atom. The summed E-state index contributed by atoms with van der Waals surface area (Å²) in [7, 11) is 0. The summed E-state index contributed by atoms with van der Waals surface area (Å²) in [5.74, 6) is -1.24. The number of H-pyrrole nitrogens is 1. The molecule has 2 atom stereocenters.